The van der Waals surface area contributed by atoms with Gasteiger partial charge in [0.2, 0.25) is 5.91 Å². The highest BCUT2D eigenvalue weighted by Crippen LogP contribution is 2.37. The highest BCUT2D eigenvalue weighted by molar-refractivity contribution is 5.98. The zero-order valence-corrected chi connectivity index (χ0v) is 20.3. The Hall–Kier alpha value is -4.30. The highest BCUT2D eigenvalue weighted by atomic mass is 19.1. The number of ether oxygens (including phenoxy) is 1. The molecule has 1 aromatic carbocycles. The molecule has 37 heavy (non-hydrogen) atoms. The number of carbonyl (C=O) groups is 1. The first kappa shape index (κ1) is 23.1. The second-order valence-electron chi connectivity index (χ2n) is 9.33. The van der Waals surface area contributed by atoms with Gasteiger partial charge in [0.1, 0.15) is 17.7 Å². The summed E-state index contributed by atoms with van der Waals surface area (Å²) in [5.74, 6) is 0.597. The summed E-state index contributed by atoms with van der Waals surface area (Å²) in [5.41, 5.74) is 1.89. The number of nitriles is 1. The van der Waals surface area contributed by atoms with E-state index in [1.165, 1.54) is 17.0 Å². The molecule has 1 amide bonds. The van der Waals surface area contributed by atoms with Crippen molar-refractivity contribution < 1.29 is 13.9 Å². The van der Waals surface area contributed by atoms with Crippen LogP contribution in [-0.4, -0.2) is 63.2 Å². The smallest absolute Gasteiger partial charge is 0.227 e. The Kier molecular flexibility index (Phi) is 5.81. The Morgan fingerprint density at radius 2 is 2.08 bits per heavy atom. The fourth-order valence-corrected chi connectivity index (χ4v) is 5.11. The monoisotopic (exact) mass is 500 g/mol. The van der Waals surface area contributed by atoms with E-state index in [1.54, 1.807) is 23.1 Å². The van der Waals surface area contributed by atoms with Gasteiger partial charge >= 0.3 is 0 Å². The Bertz CT molecular complexity index is 1520. The zero-order valence-electron chi connectivity index (χ0n) is 20.3. The van der Waals surface area contributed by atoms with Crippen molar-refractivity contribution in [2.24, 2.45) is 0 Å². The fraction of sp³-hybridized carbons (Fsp3) is 0.346. The maximum Gasteiger partial charge on any atom is 0.227 e. The first-order valence-electron chi connectivity index (χ1n) is 12.3. The van der Waals surface area contributed by atoms with E-state index in [0.717, 1.165) is 12.8 Å². The fourth-order valence-electron chi connectivity index (χ4n) is 5.11. The van der Waals surface area contributed by atoms with E-state index in [1.807, 2.05) is 6.07 Å². The largest absolute Gasteiger partial charge is 0.377 e. The van der Waals surface area contributed by atoms with Crippen LogP contribution in [0.15, 0.2) is 36.7 Å². The molecule has 0 bridgehead atoms. The molecule has 2 saturated heterocycles. The van der Waals surface area contributed by atoms with Gasteiger partial charge in [0, 0.05) is 48.3 Å². The van der Waals surface area contributed by atoms with Crippen LogP contribution in [0.5, 0.6) is 0 Å². The van der Waals surface area contributed by atoms with Gasteiger partial charge in [-0.1, -0.05) is 0 Å². The molecule has 2 aliphatic heterocycles. The van der Waals surface area contributed by atoms with E-state index in [0.29, 0.717) is 66.6 Å². The molecule has 0 spiro atoms. The van der Waals surface area contributed by atoms with Gasteiger partial charge in [0.15, 0.2) is 11.5 Å². The van der Waals surface area contributed by atoms with Crippen LogP contribution in [0.1, 0.15) is 31.7 Å². The molecule has 5 heterocycles. The number of hydrogen-bond donors (Lipinski definition) is 1. The van der Waals surface area contributed by atoms with Crippen LogP contribution >= 0.6 is 0 Å². The molecular weight excluding hydrogens is 475 g/mol. The van der Waals surface area contributed by atoms with E-state index in [-0.39, 0.29) is 23.1 Å². The molecule has 4 aromatic rings. The number of fused-ring (bicyclic) bond motifs is 1. The molecule has 0 saturated carbocycles. The molecule has 2 aliphatic rings. The predicted molar refractivity (Wildman–Crippen MR) is 135 cm³/mol. The molecule has 6 rings (SSSR count). The number of anilines is 2. The molecule has 0 aliphatic carbocycles. The van der Waals surface area contributed by atoms with Crippen LogP contribution in [0.25, 0.3) is 28.0 Å². The van der Waals surface area contributed by atoms with Crippen molar-refractivity contribution in [2.75, 3.05) is 36.1 Å². The number of piperidine rings is 1. The van der Waals surface area contributed by atoms with Crippen LogP contribution in [-0.2, 0) is 9.53 Å². The van der Waals surface area contributed by atoms with Gasteiger partial charge in [0.05, 0.1) is 36.7 Å². The molecule has 1 atom stereocenters. The Balaban J connectivity index is 1.55. The minimum Gasteiger partial charge on any atom is -0.377 e. The van der Waals surface area contributed by atoms with Crippen molar-refractivity contribution in [2.45, 2.75) is 32.2 Å². The van der Waals surface area contributed by atoms with Gasteiger partial charge in [-0.25, -0.2) is 9.37 Å². The molecule has 1 N–H and O–H groups in total. The summed E-state index contributed by atoms with van der Waals surface area (Å²) in [6.45, 7) is 4.27. The van der Waals surface area contributed by atoms with Crippen molar-refractivity contribution in [1.29, 1.82) is 5.26 Å². The summed E-state index contributed by atoms with van der Waals surface area (Å²) in [7, 11) is 0. The summed E-state index contributed by atoms with van der Waals surface area (Å²) in [5, 5.41) is 22.1. The third-order valence-electron chi connectivity index (χ3n) is 7.00. The van der Waals surface area contributed by atoms with Gasteiger partial charge in [-0.15, -0.1) is 0 Å². The first-order chi connectivity index (χ1) is 18.0. The van der Waals surface area contributed by atoms with Crippen LogP contribution in [0, 0.1) is 17.1 Å². The first-order valence-corrected chi connectivity index (χ1v) is 12.3. The number of benzene rings is 1. The summed E-state index contributed by atoms with van der Waals surface area (Å²) < 4.78 is 23.1. The van der Waals surface area contributed by atoms with Gasteiger partial charge in [-0.05, 0) is 38.0 Å². The Morgan fingerprint density at radius 3 is 2.84 bits per heavy atom. The lowest BCUT2D eigenvalue weighted by Crippen LogP contribution is -2.44. The lowest BCUT2D eigenvalue weighted by molar-refractivity contribution is -0.119. The number of nitrogens with one attached hydrogen (secondary N) is 1. The molecule has 10 nitrogen and oxygen atoms in total. The predicted octanol–water partition coefficient (Wildman–Crippen LogP) is 3.56. The number of halogens is 1. The number of aromatic amines is 1. The van der Waals surface area contributed by atoms with Gasteiger partial charge in [-0.2, -0.15) is 20.1 Å². The molecule has 0 unspecified atom stereocenters. The summed E-state index contributed by atoms with van der Waals surface area (Å²) in [6.07, 6.45) is 5.34. The molecule has 11 heteroatoms. The molecule has 2 fully saturated rings. The normalized spacial score (nSPS) is 18.4. The molecule has 3 aromatic heterocycles. The number of carbonyl (C=O) groups excluding carboxylic acids is 1. The summed E-state index contributed by atoms with van der Waals surface area (Å²) >= 11 is 0. The van der Waals surface area contributed by atoms with Crippen molar-refractivity contribution >= 4 is 28.4 Å². The second kappa shape index (κ2) is 9.29. The van der Waals surface area contributed by atoms with E-state index in [4.69, 9.17) is 9.72 Å². The van der Waals surface area contributed by atoms with E-state index >= 15 is 4.39 Å². The SMILES string of the molecule is C[C@@H]1COCCN1c1cc(-c2cc(C#N)c(N3CCCCC3=O)cc2F)c2cnn(-c3cc[nH]n3)c2n1. The van der Waals surface area contributed by atoms with Crippen LogP contribution in [0.3, 0.4) is 0 Å². The van der Waals surface area contributed by atoms with Crippen LogP contribution < -0.4 is 9.80 Å². The minimum absolute atomic E-state index is 0.0697. The topological polar surface area (TPSA) is 116 Å². The quantitative estimate of drug-likeness (QED) is 0.455. The lowest BCUT2D eigenvalue weighted by Gasteiger charge is -2.34. The van der Waals surface area contributed by atoms with E-state index in [9.17, 15) is 10.1 Å². The second-order valence-corrected chi connectivity index (χ2v) is 9.33. The highest BCUT2D eigenvalue weighted by Gasteiger charge is 2.27. The van der Waals surface area contributed by atoms with E-state index < -0.39 is 5.82 Å². The minimum atomic E-state index is -0.520. The number of amides is 1. The maximum absolute atomic E-state index is 15.8. The number of nitrogens with zero attached hydrogens (tertiary/aromatic N) is 7. The summed E-state index contributed by atoms with van der Waals surface area (Å²) in [4.78, 5) is 21.1. The standard InChI is InChI=1S/C26H25FN8O2/c1-16-15-37-9-8-33(16)24-11-18(20-14-30-35(26(20)31-24)23-5-6-29-32-23)19-10-17(13-28)22(12-21(19)27)34-7-3-2-4-25(34)36/h5-6,10-12,14,16H,2-4,7-9,15H2,1H3,(H,29,32)/t16-/m1/s1. The van der Waals surface area contributed by atoms with Crippen molar-refractivity contribution in [3.8, 4) is 23.0 Å². The van der Waals surface area contributed by atoms with Crippen molar-refractivity contribution in [3.05, 3.63) is 48.0 Å². The third-order valence-corrected chi connectivity index (χ3v) is 7.00. The zero-order chi connectivity index (χ0) is 25.5. The number of H-pyrrole nitrogens is 1. The Morgan fingerprint density at radius 1 is 1.19 bits per heavy atom. The molecule has 188 valence electrons. The maximum atomic E-state index is 15.8. The number of aromatic nitrogens is 5. The summed E-state index contributed by atoms with van der Waals surface area (Å²) in [6, 6.07) is 8.69. The molecular formula is C26H25FN8O2. The van der Waals surface area contributed by atoms with Crippen molar-refractivity contribution in [1.82, 2.24) is 25.0 Å². The van der Waals surface area contributed by atoms with Gasteiger partial charge < -0.3 is 14.5 Å². The van der Waals surface area contributed by atoms with Gasteiger partial charge in [-0.3, -0.25) is 9.89 Å². The van der Waals surface area contributed by atoms with Crippen LogP contribution in [0.4, 0.5) is 15.9 Å². The number of morpholine rings is 1. The van der Waals surface area contributed by atoms with Gasteiger partial charge in [0.25, 0.3) is 0 Å². The van der Waals surface area contributed by atoms with Crippen LogP contribution in [0.2, 0.25) is 0 Å². The average Bonchev–Trinajstić information content (AvgIpc) is 3.59. The molecule has 0 radical (unpaired) electrons. The Labute approximate surface area is 212 Å². The number of pyridine rings is 1. The van der Waals surface area contributed by atoms with E-state index in [2.05, 4.69) is 33.2 Å². The third kappa shape index (κ3) is 3.99. The number of rotatable bonds is 4. The van der Waals surface area contributed by atoms with Crippen molar-refractivity contribution in [3.63, 3.8) is 0 Å². The lowest BCUT2D eigenvalue weighted by atomic mass is 9.98. The number of hydrogen-bond acceptors (Lipinski definition) is 7. The average molecular weight is 501 g/mol.